The number of hydrazine groups is 1. The van der Waals surface area contributed by atoms with Gasteiger partial charge in [0.2, 0.25) is 12.3 Å². The lowest BCUT2D eigenvalue weighted by Gasteiger charge is -2.11. The van der Waals surface area contributed by atoms with E-state index in [4.69, 9.17) is 0 Å². The van der Waals surface area contributed by atoms with Crippen molar-refractivity contribution in [3.8, 4) is 0 Å². The molecule has 18 heavy (non-hydrogen) atoms. The van der Waals surface area contributed by atoms with Crippen LogP contribution < -0.4 is 10.9 Å². The molecule has 0 aromatic heterocycles. The van der Waals surface area contributed by atoms with Gasteiger partial charge in [-0.3, -0.25) is 30.6 Å². The van der Waals surface area contributed by atoms with Gasteiger partial charge in [0.15, 0.2) is 0 Å². The average Bonchev–Trinajstić information content (AvgIpc) is 2.36. The Morgan fingerprint density at radius 2 is 2.28 bits per heavy atom. The van der Waals surface area contributed by atoms with Crippen LogP contribution in [0.15, 0.2) is 24.3 Å². The van der Waals surface area contributed by atoms with E-state index in [1.165, 1.54) is 12.1 Å². The molecule has 2 N–H and O–H groups in total. The minimum absolute atomic E-state index is 0.00854. The maximum atomic E-state index is 11.3. The summed E-state index contributed by atoms with van der Waals surface area (Å²) in [5, 5.41) is 10.6. The summed E-state index contributed by atoms with van der Waals surface area (Å²) in [6, 6.07) is 6.12. The highest BCUT2D eigenvalue weighted by Crippen LogP contribution is 2.22. The second-order valence-corrected chi connectivity index (χ2v) is 3.77. The number of carbonyl (C=O) groups is 2. The number of rotatable bonds is 6. The largest absolute Gasteiger partial charge is 0.277 e. The molecule has 96 valence electrons. The molecule has 0 fully saturated rings. The van der Waals surface area contributed by atoms with Gasteiger partial charge in [-0.15, -0.1) is 0 Å². The van der Waals surface area contributed by atoms with Crippen LogP contribution in [-0.2, 0) is 9.59 Å². The van der Waals surface area contributed by atoms with Gasteiger partial charge in [-0.1, -0.05) is 19.1 Å². The molecule has 7 nitrogen and oxygen atoms in total. The van der Waals surface area contributed by atoms with Crippen LogP contribution in [0.1, 0.15) is 24.8 Å². The molecule has 0 radical (unpaired) electrons. The average molecular weight is 251 g/mol. The molecule has 0 spiro atoms. The Labute approximate surface area is 103 Å². The van der Waals surface area contributed by atoms with Crippen molar-refractivity contribution in [2.45, 2.75) is 19.3 Å². The monoisotopic (exact) mass is 251 g/mol. The predicted octanol–water partition coefficient (Wildman–Crippen LogP) is 0.866. The van der Waals surface area contributed by atoms with Gasteiger partial charge in [-0.05, 0) is 11.5 Å². The smallest absolute Gasteiger partial charge is 0.269 e. The molecule has 0 aliphatic heterocycles. The minimum Gasteiger partial charge on any atom is -0.277 e. The van der Waals surface area contributed by atoms with Crippen molar-refractivity contribution < 1.29 is 14.5 Å². The van der Waals surface area contributed by atoms with Gasteiger partial charge in [0, 0.05) is 18.6 Å². The summed E-state index contributed by atoms with van der Waals surface area (Å²) in [7, 11) is 0. The second-order valence-electron chi connectivity index (χ2n) is 3.77. The Bertz CT molecular complexity index is 461. The van der Waals surface area contributed by atoms with E-state index >= 15 is 0 Å². The van der Waals surface area contributed by atoms with Crippen LogP contribution in [0.4, 0.5) is 5.69 Å². The summed E-state index contributed by atoms with van der Waals surface area (Å²) in [6.07, 6.45) is 0.484. The van der Waals surface area contributed by atoms with Crippen molar-refractivity contribution in [3.63, 3.8) is 0 Å². The molecule has 0 heterocycles. The molecular weight excluding hydrogens is 238 g/mol. The van der Waals surface area contributed by atoms with Gasteiger partial charge in [0.25, 0.3) is 5.69 Å². The minimum atomic E-state index is -0.482. The number of hydrogen-bond acceptors (Lipinski definition) is 4. The molecule has 2 amide bonds. The number of benzene rings is 1. The van der Waals surface area contributed by atoms with Crippen LogP contribution in [0, 0.1) is 10.1 Å². The molecular formula is C11H13N3O4. The number of non-ortho nitro benzene ring substituents is 1. The zero-order valence-corrected chi connectivity index (χ0v) is 9.75. The highest BCUT2D eigenvalue weighted by atomic mass is 16.6. The van der Waals surface area contributed by atoms with Crippen molar-refractivity contribution in [1.29, 1.82) is 0 Å². The number of nitrogens with zero attached hydrogens (tertiary/aromatic N) is 1. The summed E-state index contributed by atoms with van der Waals surface area (Å²) < 4.78 is 0. The maximum Gasteiger partial charge on any atom is 0.269 e. The quantitative estimate of drug-likeness (QED) is 0.445. The van der Waals surface area contributed by atoms with Crippen molar-refractivity contribution in [2.75, 3.05) is 0 Å². The van der Waals surface area contributed by atoms with Crippen LogP contribution in [-0.4, -0.2) is 17.2 Å². The van der Waals surface area contributed by atoms with E-state index in [1.54, 1.807) is 19.1 Å². The second kappa shape index (κ2) is 6.33. The lowest BCUT2D eigenvalue weighted by atomic mass is 9.97. The number of amides is 2. The first kappa shape index (κ1) is 13.6. The summed E-state index contributed by atoms with van der Waals surface area (Å²) in [4.78, 5) is 31.5. The Morgan fingerprint density at radius 3 is 2.89 bits per heavy atom. The number of nitro benzene ring substituents is 1. The third kappa shape index (κ3) is 3.85. The molecule has 1 unspecified atom stereocenters. The first-order chi connectivity index (χ1) is 8.54. The Morgan fingerprint density at radius 1 is 1.56 bits per heavy atom. The van der Waals surface area contributed by atoms with Crippen molar-refractivity contribution in [1.82, 2.24) is 10.9 Å². The molecule has 1 aromatic carbocycles. The van der Waals surface area contributed by atoms with Gasteiger partial charge >= 0.3 is 0 Å². The fourth-order valence-corrected chi connectivity index (χ4v) is 1.50. The van der Waals surface area contributed by atoms with Gasteiger partial charge in [-0.2, -0.15) is 0 Å². The lowest BCUT2D eigenvalue weighted by molar-refractivity contribution is -0.384. The standard InChI is InChI=1S/C11H13N3O4/c1-8(5-11(16)13-12-7-15)9-3-2-4-10(6-9)14(17)18/h2-4,6-8H,5H2,1H3,(H,12,15)(H,13,16). The van der Waals surface area contributed by atoms with Crippen molar-refractivity contribution in [2.24, 2.45) is 0 Å². The van der Waals surface area contributed by atoms with E-state index in [-0.39, 0.29) is 23.9 Å². The number of carbonyl (C=O) groups excluding carboxylic acids is 2. The summed E-state index contributed by atoms with van der Waals surface area (Å²) in [5.74, 6) is -0.542. The molecule has 0 saturated carbocycles. The van der Waals surface area contributed by atoms with Crippen LogP contribution in [0.3, 0.4) is 0 Å². The molecule has 0 bridgehead atoms. The van der Waals surface area contributed by atoms with Gasteiger partial charge in [0.1, 0.15) is 0 Å². The topological polar surface area (TPSA) is 101 Å². The molecule has 1 rings (SSSR count). The molecule has 1 atom stereocenters. The first-order valence-corrected chi connectivity index (χ1v) is 5.27. The van der Waals surface area contributed by atoms with Gasteiger partial charge < -0.3 is 0 Å². The number of nitrogens with one attached hydrogen (secondary N) is 2. The number of hydrogen-bond donors (Lipinski definition) is 2. The number of nitro groups is 1. The highest BCUT2D eigenvalue weighted by molar-refractivity contribution is 5.77. The van der Waals surface area contributed by atoms with E-state index in [0.29, 0.717) is 12.0 Å². The van der Waals surface area contributed by atoms with Crippen molar-refractivity contribution in [3.05, 3.63) is 39.9 Å². The van der Waals surface area contributed by atoms with E-state index < -0.39 is 4.92 Å². The fraction of sp³-hybridized carbons (Fsp3) is 0.273. The summed E-state index contributed by atoms with van der Waals surface area (Å²) >= 11 is 0. The Hall–Kier alpha value is -2.44. The Balaban J connectivity index is 2.68. The highest BCUT2D eigenvalue weighted by Gasteiger charge is 2.14. The zero-order chi connectivity index (χ0) is 13.5. The lowest BCUT2D eigenvalue weighted by Crippen LogP contribution is -2.36. The summed E-state index contributed by atoms with van der Waals surface area (Å²) in [5.41, 5.74) is 4.92. The third-order valence-corrected chi connectivity index (χ3v) is 2.41. The third-order valence-electron chi connectivity index (χ3n) is 2.41. The van der Waals surface area contributed by atoms with E-state index in [0.717, 1.165) is 0 Å². The van der Waals surface area contributed by atoms with E-state index in [9.17, 15) is 19.7 Å². The SMILES string of the molecule is CC(CC(=O)NNC=O)c1cccc([N+](=O)[O-])c1. The molecule has 0 saturated heterocycles. The predicted molar refractivity (Wildman–Crippen MR) is 63.5 cm³/mol. The van der Waals surface area contributed by atoms with E-state index in [2.05, 4.69) is 5.43 Å². The van der Waals surface area contributed by atoms with Crippen LogP contribution in [0.25, 0.3) is 0 Å². The Kier molecular flexibility index (Phi) is 4.79. The van der Waals surface area contributed by atoms with Crippen LogP contribution in [0.5, 0.6) is 0 Å². The normalized spacial score (nSPS) is 11.4. The van der Waals surface area contributed by atoms with Gasteiger partial charge in [0.05, 0.1) is 4.92 Å². The molecule has 7 heteroatoms. The molecule has 0 aliphatic rings. The fourth-order valence-electron chi connectivity index (χ4n) is 1.50. The first-order valence-electron chi connectivity index (χ1n) is 5.27. The molecule has 1 aromatic rings. The van der Waals surface area contributed by atoms with Crippen LogP contribution >= 0.6 is 0 Å². The molecule has 0 aliphatic carbocycles. The zero-order valence-electron chi connectivity index (χ0n) is 9.75. The summed E-state index contributed by atoms with van der Waals surface area (Å²) in [6.45, 7) is 1.78. The van der Waals surface area contributed by atoms with Crippen molar-refractivity contribution >= 4 is 18.0 Å². The maximum absolute atomic E-state index is 11.3. The van der Waals surface area contributed by atoms with Gasteiger partial charge in [-0.25, -0.2) is 0 Å². The van der Waals surface area contributed by atoms with Crippen LogP contribution in [0.2, 0.25) is 0 Å². The van der Waals surface area contributed by atoms with E-state index in [1.807, 2.05) is 5.43 Å².